The number of rotatable bonds is 7. The van der Waals surface area contributed by atoms with Crippen molar-refractivity contribution in [2.75, 3.05) is 24.4 Å². The molecule has 0 amide bonds. The lowest BCUT2D eigenvalue weighted by atomic mass is 10.3. The Morgan fingerprint density at radius 3 is 2.60 bits per heavy atom. The van der Waals surface area contributed by atoms with Crippen molar-refractivity contribution in [2.45, 2.75) is 17.9 Å². The van der Waals surface area contributed by atoms with Gasteiger partial charge in [-0.2, -0.15) is 11.8 Å². The second-order valence-corrected chi connectivity index (χ2v) is 6.76. The van der Waals surface area contributed by atoms with Gasteiger partial charge < -0.3 is 5.32 Å². The zero-order chi connectivity index (χ0) is 15.3. The SMILES string of the molecule is CNc1ccc([N+](=O)[O-])cc1S(=O)(=O)NC(C)CSC. The molecular formula is C11H17N3O4S2. The summed E-state index contributed by atoms with van der Waals surface area (Å²) >= 11 is 1.51. The Bertz CT molecular complexity index is 589. The van der Waals surface area contributed by atoms with Gasteiger partial charge in [-0.25, -0.2) is 13.1 Å². The lowest BCUT2D eigenvalue weighted by Crippen LogP contribution is -2.34. The molecule has 0 aliphatic rings. The minimum absolute atomic E-state index is 0.123. The average Bonchev–Trinajstić information content (AvgIpc) is 2.37. The number of thioether (sulfide) groups is 1. The first-order chi connectivity index (χ1) is 9.31. The second kappa shape index (κ2) is 6.91. The molecule has 1 atom stereocenters. The van der Waals surface area contributed by atoms with E-state index in [1.807, 2.05) is 6.26 Å². The second-order valence-electron chi connectivity index (χ2n) is 4.17. The minimum Gasteiger partial charge on any atom is -0.387 e. The summed E-state index contributed by atoms with van der Waals surface area (Å²) in [5.41, 5.74) is 0.0568. The number of benzene rings is 1. The largest absolute Gasteiger partial charge is 0.387 e. The van der Waals surface area contributed by atoms with Gasteiger partial charge in [0.1, 0.15) is 4.90 Å². The Kier molecular flexibility index (Phi) is 5.78. The Balaban J connectivity index is 3.21. The highest BCUT2D eigenvalue weighted by molar-refractivity contribution is 7.98. The fourth-order valence-electron chi connectivity index (χ4n) is 1.67. The van der Waals surface area contributed by atoms with Crippen LogP contribution in [0, 0.1) is 10.1 Å². The molecule has 2 N–H and O–H groups in total. The third-order valence-electron chi connectivity index (χ3n) is 2.51. The number of nitro groups is 1. The molecule has 7 nitrogen and oxygen atoms in total. The summed E-state index contributed by atoms with van der Waals surface area (Å²) in [6, 6.07) is 3.43. The highest BCUT2D eigenvalue weighted by atomic mass is 32.2. The monoisotopic (exact) mass is 319 g/mol. The Hall–Kier alpha value is -1.32. The molecule has 1 aromatic rings. The van der Waals surface area contributed by atoms with Crippen molar-refractivity contribution >= 4 is 33.2 Å². The molecule has 1 rings (SSSR count). The third kappa shape index (κ3) is 4.09. The van der Waals surface area contributed by atoms with E-state index in [0.29, 0.717) is 11.4 Å². The number of sulfonamides is 1. The van der Waals surface area contributed by atoms with E-state index in [-0.39, 0.29) is 16.6 Å². The molecule has 1 aromatic carbocycles. The normalized spacial score (nSPS) is 12.9. The predicted octanol–water partition coefficient (Wildman–Crippen LogP) is 1.67. The number of nitro benzene ring substituents is 1. The smallest absolute Gasteiger partial charge is 0.270 e. The molecule has 1 unspecified atom stereocenters. The molecule has 0 aromatic heterocycles. The van der Waals surface area contributed by atoms with E-state index in [1.165, 1.54) is 23.9 Å². The fourth-order valence-corrected chi connectivity index (χ4v) is 3.83. The van der Waals surface area contributed by atoms with E-state index in [1.54, 1.807) is 14.0 Å². The number of nitrogens with one attached hydrogen (secondary N) is 2. The van der Waals surface area contributed by atoms with Crippen molar-refractivity contribution in [3.05, 3.63) is 28.3 Å². The van der Waals surface area contributed by atoms with Crippen LogP contribution in [0.25, 0.3) is 0 Å². The van der Waals surface area contributed by atoms with E-state index < -0.39 is 14.9 Å². The van der Waals surface area contributed by atoms with Gasteiger partial charge in [-0.05, 0) is 19.2 Å². The molecule has 0 fully saturated rings. The highest BCUT2D eigenvalue weighted by Crippen LogP contribution is 2.26. The highest BCUT2D eigenvalue weighted by Gasteiger charge is 2.23. The van der Waals surface area contributed by atoms with Crippen molar-refractivity contribution in [3.8, 4) is 0 Å². The third-order valence-corrected chi connectivity index (χ3v) is 4.97. The van der Waals surface area contributed by atoms with Gasteiger partial charge in [0.25, 0.3) is 5.69 Å². The molecule has 0 heterocycles. The molecule has 20 heavy (non-hydrogen) atoms. The molecule has 0 saturated carbocycles. The maximum atomic E-state index is 12.3. The van der Waals surface area contributed by atoms with Crippen LogP contribution in [-0.2, 0) is 10.0 Å². The van der Waals surface area contributed by atoms with Crippen molar-refractivity contribution in [2.24, 2.45) is 0 Å². The first-order valence-electron chi connectivity index (χ1n) is 5.79. The van der Waals surface area contributed by atoms with Gasteiger partial charge in [0.2, 0.25) is 10.0 Å². The van der Waals surface area contributed by atoms with Gasteiger partial charge in [-0.15, -0.1) is 0 Å². The quantitative estimate of drug-likeness (QED) is 0.585. The number of non-ortho nitro benzene ring substituents is 1. The van der Waals surface area contributed by atoms with Crippen molar-refractivity contribution in [3.63, 3.8) is 0 Å². The molecule has 0 aliphatic carbocycles. The molecule has 0 spiro atoms. The van der Waals surface area contributed by atoms with Gasteiger partial charge in [0.05, 0.1) is 10.6 Å². The Labute approximate surface area is 122 Å². The minimum atomic E-state index is -3.81. The molecule has 0 bridgehead atoms. The van der Waals surface area contributed by atoms with Crippen molar-refractivity contribution in [1.82, 2.24) is 4.72 Å². The van der Waals surface area contributed by atoms with Gasteiger partial charge in [0.15, 0.2) is 0 Å². The number of anilines is 1. The zero-order valence-corrected chi connectivity index (χ0v) is 13.0. The summed E-state index contributed by atoms with van der Waals surface area (Å²) in [6.07, 6.45) is 1.87. The first kappa shape index (κ1) is 16.7. The lowest BCUT2D eigenvalue weighted by Gasteiger charge is -2.15. The topological polar surface area (TPSA) is 101 Å². The summed E-state index contributed by atoms with van der Waals surface area (Å²) < 4.78 is 27.1. The molecule has 0 aliphatic heterocycles. The summed E-state index contributed by atoms with van der Waals surface area (Å²) in [5.74, 6) is 0.614. The predicted molar refractivity (Wildman–Crippen MR) is 80.8 cm³/mol. The maximum absolute atomic E-state index is 12.3. The standard InChI is InChI=1S/C11H17N3O4S2/c1-8(7-19-3)13-20(17,18)11-6-9(14(15)16)4-5-10(11)12-2/h4-6,8,12-13H,7H2,1-3H3. The zero-order valence-electron chi connectivity index (χ0n) is 11.4. The summed E-state index contributed by atoms with van der Waals surface area (Å²) in [7, 11) is -2.25. The van der Waals surface area contributed by atoms with Gasteiger partial charge in [-0.1, -0.05) is 0 Å². The number of hydrogen-bond donors (Lipinski definition) is 2. The van der Waals surface area contributed by atoms with Crippen molar-refractivity contribution in [1.29, 1.82) is 0 Å². The van der Waals surface area contributed by atoms with Crippen LogP contribution >= 0.6 is 11.8 Å². The van der Waals surface area contributed by atoms with E-state index in [0.717, 1.165) is 6.07 Å². The van der Waals surface area contributed by atoms with Crippen molar-refractivity contribution < 1.29 is 13.3 Å². The van der Waals surface area contributed by atoms with Crippen LogP contribution in [0.15, 0.2) is 23.1 Å². The summed E-state index contributed by atoms with van der Waals surface area (Å²) in [4.78, 5) is 10.0. The fraction of sp³-hybridized carbons (Fsp3) is 0.455. The van der Waals surface area contributed by atoms with E-state index in [2.05, 4.69) is 10.0 Å². The molecule has 0 radical (unpaired) electrons. The van der Waals surface area contributed by atoms with Crippen LogP contribution in [-0.4, -0.2) is 38.4 Å². The molecule has 9 heteroatoms. The molecular weight excluding hydrogens is 302 g/mol. The Morgan fingerprint density at radius 1 is 1.45 bits per heavy atom. The first-order valence-corrected chi connectivity index (χ1v) is 8.67. The van der Waals surface area contributed by atoms with Gasteiger partial charge in [0, 0.05) is 31.0 Å². The summed E-state index contributed by atoms with van der Waals surface area (Å²) in [6.45, 7) is 1.74. The Morgan fingerprint density at radius 2 is 2.10 bits per heavy atom. The maximum Gasteiger partial charge on any atom is 0.270 e. The van der Waals surface area contributed by atoms with Crippen LogP contribution in [0.2, 0.25) is 0 Å². The van der Waals surface area contributed by atoms with Gasteiger partial charge in [-0.3, -0.25) is 10.1 Å². The van der Waals surface area contributed by atoms with E-state index in [9.17, 15) is 18.5 Å². The van der Waals surface area contributed by atoms with E-state index >= 15 is 0 Å². The van der Waals surface area contributed by atoms with Crippen LogP contribution in [0.1, 0.15) is 6.92 Å². The number of nitrogens with zero attached hydrogens (tertiary/aromatic N) is 1. The lowest BCUT2D eigenvalue weighted by molar-refractivity contribution is -0.385. The molecule has 0 saturated heterocycles. The number of hydrogen-bond acceptors (Lipinski definition) is 6. The van der Waals surface area contributed by atoms with Crippen LogP contribution in [0.4, 0.5) is 11.4 Å². The van der Waals surface area contributed by atoms with Crippen LogP contribution < -0.4 is 10.0 Å². The van der Waals surface area contributed by atoms with Crippen LogP contribution in [0.5, 0.6) is 0 Å². The summed E-state index contributed by atoms with van der Waals surface area (Å²) in [5, 5.41) is 13.5. The average molecular weight is 319 g/mol. The van der Waals surface area contributed by atoms with Gasteiger partial charge >= 0.3 is 0 Å². The van der Waals surface area contributed by atoms with Crippen LogP contribution in [0.3, 0.4) is 0 Å². The molecule has 112 valence electrons. The van der Waals surface area contributed by atoms with E-state index in [4.69, 9.17) is 0 Å².